The average Bonchev–Trinajstić information content (AvgIpc) is 3.16. The van der Waals surface area contributed by atoms with Crippen LogP contribution in [0.2, 0.25) is 0 Å². The van der Waals surface area contributed by atoms with Crippen LogP contribution >= 0.6 is 0 Å². The molecule has 7 heteroatoms. The number of hydrogen-bond donors (Lipinski definition) is 1. The standard InChI is InChI=1S/C29H39FN2O4/c1-5-35-24-10-11-25(30)26(16-24)31-14-12-23(13-15-31)36-22-8-6-21(7-9-22)32-18-20(4)29(19(2)3)27(32)17-28(33)34/h6-11,16,19-20,23,27,29H,5,12-15,17-18H2,1-4H3,(H,33,34)/t20-,27-,29+/m0/s1. The van der Waals surface area contributed by atoms with Crippen LogP contribution in [0.25, 0.3) is 0 Å². The lowest BCUT2D eigenvalue weighted by Crippen LogP contribution is -2.38. The summed E-state index contributed by atoms with van der Waals surface area (Å²) < 4.78 is 26.2. The van der Waals surface area contributed by atoms with Crippen LogP contribution in [0, 0.1) is 23.6 Å². The average molecular weight is 499 g/mol. The second-order valence-corrected chi connectivity index (χ2v) is 10.5. The molecule has 0 spiro atoms. The number of carbonyl (C=O) groups is 1. The first kappa shape index (κ1) is 26.1. The van der Waals surface area contributed by atoms with Gasteiger partial charge in [0.2, 0.25) is 0 Å². The van der Waals surface area contributed by atoms with Crippen molar-refractivity contribution in [2.75, 3.05) is 36.0 Å². The number of ether oxygens (including phenoxy) is 2. The van der Waals surface area contributed by atoms with Gasteiger partial charge in [0.15, 0.2) is 0 Å². The zero-order valence-corrected chi connectivity index (χ0v) is 21.8. The van der Waals surface area contributed by atoms with Crippen molar-refractivity contribution in [3.8, 4) is 11.5 Å². The van der Waals surface area contributed by atoms with Crippen molar-refractivity contribution in [1.82, 2.24) is 0 Å². The molecule has 4 rings (SSSR count). The van der Waals surface area contributed by atoms with Crippen molar-refractivity contribution in [1.29, 1.82) is 0 Å². The summed E-state index contributed by atoms with van der Waals surface area (Å²) in [6.45, 7) is 11.4. The predicted molar refractivity (Wildman–Crippen MR) is 141 cm³/mol. The molecule has 2 saturated heterocycles. The molecule has 2 aliphatic heterocycles. The van der Waals surface area contributed by atoms with Gasteiger partial charge in [0.05, 0.1) is 18.7 Å². The monoisotopic (exact) mass is 498 g/mol. The molecule has 2 aliphatic rings. The fourth-order valence-corrected chi connectivity index (χ4v) is 6.09. The largest absolute Gasteiger partial charge is 0.494 e. The Balaban J connectivity index is 1.36. The molecule has 196 valence electrons. The molecule has 0 saturated carbocycles. The Morgan fingerprint density at radius 1 is 1.11 bits per heavy atom. The number of nitrogens with zero attached hydrogens (tertiary/aromatic N) is 2. The van der Waals surface area contributed by atoms with E-state index in [4.69, 9.17) is 9.47 Å². The predicted octanol–water partition coefficient (Wildman–Crippen LogP) is 5.84. The first-order valence-corrected chi connectivity index (χ1v) is 13.2. The Labute approximate surface area is 214 Å². The van der Waals surface area contributed by atoms with Gasteiger partial charge in [0.25, 0.3) is 0 Å². The van der Waals surface area contributed by atoms with Crippen LogP contribution < -0.4 is 19.3 Å². The molecule has 0 aliphatic carbocycles. The number of benzene rings is 2. The van der Waals surface area contributed by atoms with Gasteiger partial charge in [0, 0.05) is 50.3 Å². The maximum atomic E-state index is 14.4. The summed E-state index contributed by atoms with van der Waals surface area (Å²) in [6, 6.07) is 13.0. The zero-order chi connectivity index (χ0) is 25.8. The van der Waals surface area contributed by atoms with E-state index in [9.17, 15) is 14.3 Å². The molecule has 0 bridgehead atoms. The SMILES string of the molecule is CCOc1ccc(F)c(N2CCC(Oc3ccc(N4C[C@H](C)[C@@H](C(C)C)[C@@H]4CC(=O)O)cc3)CC2)c1. The van der Waals surface area contributed by atoms with Gasteiger partial charge in [-0.15, -0.1) is 0 Å². The highest BCUT2D eigenvalue weighted by Crippen LogP contribution is 2.40. The lowest BCUT2D eigenvalue weighted by molar-refractivity contribution is -0.137. The van der Waals surface area contributed by atoms with Gasteiger partial charge in [-0.25, -0.2) is 4.39 Å². The van der Waals surface area contributed by atoms with E-state index in [0.717, 1.165) is 30.8 Å². The minimum absolute atomic E-state index is 0.00443. The van der Waals surface area contributed by atoms with Crippen LogP contribution in [0.4, 0.5) is 15.8 Å². The van der Waals surface area contributed by atoms with E-state index in [-0.39, 0.29) is 24.4 Å². The summed E-state index contributed by atoms with van der Waals surface area (Å²) in [5.74, 6) is 1.73. The maximum Gasteiger partial charge on any atom is 0.305 e. The Kier molecular flexibility index (Phi) is 8.27. The van der Waals surface area contributed by atoms with Crippen molar-refractivity contribution in [2.24, 2.45) is 17.8 Å². The van der Waals surface area contributed by atoms with Crippen molar-refractivity contribution < 1.29 is 23.8 Å². The van der Waals surface area contributed by atoms with Crippen molar-refractivity contribution in [3.05, 3.63) is 48.3 Å². The third kappa shape index (κ3) is 5.88. The summed E-state index contributed by atoms with van der Waals surface area (Å²) in [5.41, 5.74) is 1.63. The molecule has 1 N–H and O–H groups in total. The highest BCUT2D eigenvalue weighted by atomic mass is 19.1. The topological polar surface area (TPSA) is 62.2 Å². The fraction of sp³-hybridized carbons (Fsp3) is 0.552. The smallest absolute Gasteiger partial charge is 0.305 e. The normalized spacial score (nSPS) is 22.8. The molecular formula is C29H39FN2O4. The molecule has 0 amide bonds. The highest BCUT2D eigenvalue weighted by Gasteiger charge is 2.42. The molecule has 0 unspecified atom stereocenters. The molecule has 2 fully saturated rings. The molecule has 6 nitrogen and oxygen atoms in total. The Hall–Kier alpha value is -2.96. The lowest BCUT2D eigenvalue weighted by atomic mass is 9.81. The summed E-state index contributed by atoms with van der Waals surface area (Å²) >= 11 is 0. The van der Waals surface area contributed by atoms with Crippen LogP contribution in [-0.4, -0.2) is 49.5 Å². The van der Waals surface area contributed by atoms with Crippen molar-refractivity contribution >= 4 is 17.3 Å². The molecule has 2 heterocycles. The van der Waals surface area contributed by atoms with E-state index in [0.29, 0.717) is 48.9 Å². The molecular weight excluding hydrogens is 459 g/mol. The molecule has 3 atom stereocenters. The highest BCUT2D eigenvalue weighted by molar-refractivity contribution is 5.69. The van der Waals surface area contributed by atoms with Gasteiger partial charge >= 0.3 is 5.97 Å². The first-order chi connectivity index (χ1) is 17.3. The minimum Gasteiger partial charge on any atom is -0.494 e. The third-order valence-corrected chi connectivity index (χ3v) is 7.62. The summed E-state index contributed by atoms with van der Waals surface area (Å²) in [5, 5.41) is 9.52. The maximum absolute atomic E-state index is 14.4. The number of piperidine rings is 1. The van der Waals surface area contributed by atoms with Gasteiger partial charge in [-0.05, 0) is 61.1 Å². The Bertz CT molecular complexity index is 1020. The summed E-state index contributed by atoms with van der Waals surface area (Å²) in [4.78, 5) is 15.9. The van der Waals surface area contributed by atoms with Gasteiger partial charge in [-0.3, -0.25) is 4.79 Å². The van der Waals surface area contributed by atoms with E-state index in [1.807, 2.05) is 31.2 Å². The van der Waals surface area contributed by atoms with Gasteiger partial charge in [-0.1, -0.05) is 20.8 Å². The van der Waals surface area contributed by atoms with E-state index < -0.39 is 5.97 Å². The summed E-state index contributed by atoms with van der Waals surface area (Å²) in [6.07, 6.45) is 1.83. The number of anilines is 2. The third-order valence-electron chi connectivity index (χ3n) is 7.62. The quantitative estimate of drug-likeness (QED) is 0.468. The van der Waals surface area contributed by atoms with Gasteiger partial charge in [0.1, 0.15) is 23.4 Å². The van der Waals surface area contributed by atoms with Crippen LogP contribution in [0.5, 0.6) is 11.5 Å². The van der Waals surface area contributed by atoms with Crippen LogP contribution in [0.15, 0.2) is 42.5 Å². The van der Waals surface area contributed by atoms with Crippen molar-refractivity contribution in [3.63, 3.8) is 0 Å². The van der Waals surface area contributed by atoms with E-state index in [2.05, 4.69) is 30.6 Å². The van der Waals surface area contributed by atoms with E-state index in [1.54, 1.807) is 12.1 Å². The number of hydrogen-bond acceptors (Lipinski definition) is 5. The molecule has 2 aromatic carbocycles. The number of aliphatic carboxylic acids is 1. The summed E-state index contributed by atoms with van der Waals surface area (Å²) in [7, 11) is 0. The second kappa shape index (κ2) is 11.4. The number of rotatable bonds is 9. The number of halogens is 1. The fourth-order valence-electron chi connectivity index (χ4n) is 6.09. The van der Waals surface area contributed by atoms with E-state index in [1.165, 1.54) is 6.07 Å². The molecule has 0 radical (unpaired) electrons. The van der Waals surface area contributed by atoms with Crippen LogP contribution in [0.1, 0.15) is 47.0 Å². The lowest BCUT2D eigenvalue weighted by Gasteiger charge is -2.34. The van der Waals surface area contributed by atoms with Crippen LogP contribution in [0.3, 0.4) is 0 Å². The van der Waals surface area contributed by atoms with Gasteiger partial charge in [-0.2, -0.15) is 0 Å². The molecule has 2 aromatic rings. The molecule has 0 aromatic heterocycles. The zero-order valence-electron chi connectivity index (χ0n) is 21.8. The van der Waals surface area contributed by atoms with Crippen molar-refractivity contribution in [2.45, 2.75) is 59.1 Å². The van der Waals surface area contributed by atoms with Crippen LogP contribution in [-0.2, 0) is 4.79 Å². The number of carboxylic acid groups (broad SMARTS) is 1. The van der Waals surface area contributed by atoms with Gasteiger partial charge < -0.3 is 24.4 Å². The Morgan fingerprint density at radius 2 is 1.78 bits per heavy atom. The second-order valence-electron chi connectivity index (χ2n) is 10.5. The number of carboxylic acids is 1. The van der Waals surface area contributed by atoms with E-state index >= 15 is 0 Å². The molecule has 36 heavy (non-hydrogen) atoms. The minimum atomic E-state index is -0.749. The Morgan fingerprint density at radius 3 is 2.39 bits per heavy atom. The first-order valence-electron chi connectivity index (χ1n) is 13.2.